The molecule has 1 aromatic heterocycles. The Kier molecular flexibility index (Phi) is 4.53. The number of para-hydroxylation sites is 1. The summed E-state index contributed by atoms with van der Waals surface area (Å²) in [4.78, 5) is 2.36. The van der Waals surface area contributed by atoms with Crippen LogP contribution in [0.3, 0.4) is 0 Å². The van der Waals surface area contributed by atoms with Crippen LogP contribution in [0, 0.1) is 0 Å². The van der Waals surface area contributed by atoms with Gasteiger partial charge >= 0.3 is 0 Å². The number of likely N-dealkylation sites (N-methyl/N-ethyl adjacent to an activating group) is 1. The quantitative estimate of drug-likeness (QED) is 0.739. The van der Waals surface area contributed by atoms with Crippen molar-refractivity contribution in [2.45, 2.75) is 20.4 Å². The summed E-state index contributed by atoms with van der Waals surface area (Å²) in [6.07, 6.45) is 4.03. The van der Waals surface area contributed by atoms with Crippen LogP contribution in [0.1, 0.15) is 19.4 Å². The SMILES string of the molecule is C=C(C)CN(CC)Cc1cnn(-c2ccccc2)c1. The molecule has 1 aromatic carbocycles. The topological polar surface area (TPSA) is 21.1 Å². The molecule has 100 valence electrons. The summed E-state index contributed by atoms with van der Waals surface area (Å²) in [7, 11) is 0. The van der Waals surface area contributed by atoms with Crippen LogP contribution in [-0.2, 0) is 6.54 Å². The van der Waals surface area contributed by atoms with Crippen molar-refractivity contribution in [3.8, 4) is 5.69 Å². The summed E-state index contributed by atoms with van der Waals surface area (Å²) >= 11 is 0. The zero-order valence-electron chi connectivity index (χ0n) is 11.7. The molecule has 0 aliphatic rings. The highest BCUT2D eigenvalue weighted by molar-refractivity contribution is 5.30. The summed E-state index contributed by atoms with van der Waals surface area (Å²) in [5.74, 6) is 0. The van der Waals surface area contributed by atoms with E-state index in [0.29, 0.717) is 0 Å². The zero-order chi connectivity index (χ0) is 13.7. The number of hydrogen-bond acceptors (Lipinski definition) is 2. The molecule has 0 aliphatic heterocycles. The van der Waals surface area contributed by atoms with E-state index in [1.807, 2.05) is 29.1 Å². The van der Waals surface area contributed by atoms with Crippen LogP contribution in [0.2, 0.25) is 0 Å². The number of rotatable bonds is 6. The van der Waals surface area contributed by atoms with Crippen LogP contribution in [0.4, 0.5) is 0 Å². The largest absolute Gasteiger partial charge is 0.295 e. The molecular weight excluding hydrogens is 234 g/mol. The lowest BCUT2D eigenvalue weighted by Crippen LogP contribution is -2.24. The van der Waals surface area contributed by atoms with Crippen LogP contribution in [-0.4, -0.2) is 27.8 Å². The van der Waals surface area contributed by atoms with E-state index in [4.69, 9.17) is 0 Å². The van der Waals surface area contributed by atoms with Gasteiger partial charge in [-0.15, -0.1) is 0 Å². The minimum atomic E-state index is 0.913. The van der Waals surface area contributed by atoms with Crippen molar-refractivity contribution in [2.75, 3.05) is 13.1 Å². The first-order valence-corrected chi connectivity index (χ1v) is 6.64. The minimum absolute atomic E-state index is 0.913. The van der Waals surface area contributed by atoms with E-state index in [1.165, 1.54) is 11.1 Å². The van der Waals surface area contributed by atoms with E-state index in [2.05, 4.69) is 48.8 Å². The number of aromatic nitrogens is 2. The average molecular weight is 255 g/mol. The fourth-order valence-corrected chi connectivity index (χ4v) is 2.08. The van der Waals surface area contributed by atoms with Crippen LogP contribution in [0.25, 0.3) is 5.69 Å². The first kappa shape index (κ1) is 13.6. The second-order valence-electron chi connectivity index (χ2n) is 4.89. The molecule has 1 heterocycles. The maximum Gasteiger partial charge on any atom is 0.0645 e. The molecule has 0 atom stereocenters. The van der Waals surface area contributed by atoms with Gasteiger partial charge in [-0.25, -0.2) is 4.68 Å². The zero-order valence-corrected chi connectivity index (χ0v) is 11.7. The van der Waals surface area contributed by atoms with Crippen molar-refractivity contribution in [2.24, 2.45) is 0 Å². The third kappa shape index (κ3) is 3.80. The van der Waals surface area contributed by atoms with Crippen LogP contribution in [0.5, 0.6) is 0 Å². The van der Waals surface area contributed by atoms with Gasteiger partial charge in [0.15, 0.2) is 0 Å². The molecule has 19 heavy (non-hydrogen) atoms. The first-order valence-electron chi connectivity index (χ1n) is 6.64. The summed E-state index contributed by atoms with van der Waals surface area (Å²) in [6.45, 7) is 11.1. The predicted molar refractivity (Wildman–Crippen MR) is 79.3 cm³/mol. The van der Waals surface area contributed by atoms with E-state index in [1.54, 1.807) is 0 Å². The van der Waals surface area contributed by atoms with Crippen molar-refractivity contribution in [3.05, 3.63) is 60.4 Å². The Morgan fingerprint density at radius 3 is 2.68 bits per heavy atom. The third-order valence-corrected chi connectivity index (χ3v) is 3.00. The van der Waals surface area contributed by atoms with Gasteiger partial charge < -0.3 is 0 Å². The van der Waals surface area contributed by atoms with Gasteiger partial charge in [0.1, 0.15) is 0 Å². The Bertz CT molecular complexity index is 528. The van der Waals surface area contributed by atoms with Gasteiger partial charge in [-0.3, -0.25) is 4.90 Å². The third-order valence-electron chi connectivity index (χ3n) is 3.00. The molecule has 3 heteroatoms. The monoisotopic (exact) mass is 255 g/mol. The molecule has 3 nitrogen and oxygen atoms in total. The maximum atomic E-state index is 4.42. The number of hydrogen-bond donors (Lipinski definition) is 0. The van der Waals surface area contributed by atoms with Gasteiger partial charge in [-0.2, -0.15) is 5.10 Å². The Morgan fingerprint density at radius 2 is 2.05 bits per heavy atom. The molecular formula is C16H21N3. The summed E-state index contributed by atoms with van der Waals surface area (Å²) in [5.41, 5.74) is 3.51. The van der Waals surface area contributed by atoms with Crippen molar-refractivity contribution in [1.29, 1.82) is 0 Å². The van der Waals surface area contributed by atoms with Crippen molar-refractivity contribution >= 4 is 0 Å². The fraction of sp³-hybridized carbons (Fsp3) is 0.312. The molecule has 2 rings (SSSR count). The predicted octanol–water partition coefficient (Wildman–Crippen LogP) is 3.27. The molecule has 0 fully saturated rings. The maximum absolute atomic E-state index is 4.42. The molecule has 0 aliphatic carbocycles. The van der Waals surface area contributed by atoms with E-state index in [0.717, 1.165) is 25.3 Å². The van der Waals surface area contributed by atoms with Gasteiger partial charge in [0.05, 0.1) is 11.9 Å². The van der Waals surface area contributed by atoms with Crippen LogP contribution in [0.15, 0.2) is 54.9 Å². The van der Waals surface area contributed by atoms with Gasteiger partial charge in [0.2, 0.25) is 0 Å². The fourth-order valence-electron chi connectivity index (χ4n) is 2.08. The molecule has 0 N–H and O–H groups in total. The van der Waals surface area contributed by atoms with Gasteiger partial charge in [-0.1, -0.05) is 37.3 Å². The summed E-state index contributed by atoms with van der Waals surface area (Å²) in [6, 6.07) is 10.2. The lowest BCUT2D eigenvalue weighted by atomic mass is 10.2. The second kappa shape index (κ2) is 6.34. The van der Waals surface area contributed by atoms with E-state index in [-0.39, 0.29) is 0 Å². The smallest absolute Gasteiger partial charge is 0.0645 e. The lowest BCUT2D eigenvalue weighted by Gasteiger charge is -2.19. The Hall–Kier alpha value is -1.87. The molecule has 0 amide bonds. The molecule has 0 radical (unpaired) electrons. The van der Waals surface area contributed by atoms with E-state index in [9.17, 15) is 0 Å². The van der Waals surface area contributed by atoms with Crippen molar-refractivity contribution in [3.63, 3.8) is 0 Å². The van der Waals surface area contributed by atoms with Gasteiger partial charge in [0, 0.05) is 24.8 Å². The molecule has 2 aromatic rings. The minimum Gasteiger partial charge on any atom is -0.295 e. The Morgan fingerprint density at radius 1 is 1.32 bits per heavy atom. The molecule has 0 spiro atoms. The molecule has 0 saturated heterocycles. The highest BCUT2D eigenvalue weighted by atomic mass is 15.3. The number of benzene rings is 1. The molecule has 0 saturated carbocycles. The van der Waals surface area contributed by atoms with Gasteiger partial charge in [-0.05, 0) is 25.6 Å². The van der Waals surface area contributed by atoms with E-state index >= 15 is 0 Å². The van der Waals surface area contributed by atoms with Crippen molar-refractivity contribution < 1.29 is 0 Å². The second-order valence-corrected chi connectivity index (χ2v) is 4.89. The lowest BCUT2D eigenvalue weighted by molar-refractivity contribution is 0.304. The van der Waals surface area contributed by atoms with Crippen LogP contribution >= 0.6 is 0 Å². The number of nitrogens with zero attached hydrogens (tertiary/aromatic N) is 3. The molecule has 0 bridgehead atoms. The van der Waals surface area contributed by atoms with Gasteiger partial charge in [0.25, 0.3) is 0 Å². The standard InChI is InChI=1S/C16H21N3/c1-4-18(11-14(2)3)12-15-10-17-19(13-15)16-8-6-5-7-9-16/h5-10,13H,2,4,11-12H2,1,3H3. The average Bonchev–Trinajstić information content (AvgIpc) is 2.87. The van der Waals surface area contributed by atoms with E-state index < -0.39 is 0 Å². The highest BCUT2D eigenvalue weighted by Gasteiger charge is 2.06. The summed E-state index contributed by atoms with van der Waals surface area (Å²) < 4.78 is 1.92. The Labute approximate surface area is 115 Å². The van der Waals surface area contributed by atoms with Crippen LogP contribution < -0.4 is 0 Å². The normalized spacial score (nSPS) is 10.9. The Balaban J connectivity index is 2.07. The van der Waals surface area contributed by atoms with Crippen molar-refractivity contribution in [1.82, 2.24) is 14.7 Å². The first-order chi connectivity index (χ1) is 9.19. The highest BCUT2D eigenvalue weighted by Crippen LogP contribution is 2.10. The summed E-state index contributed by atoms with van der Waals surface area (Å²) in [5, 5.41) is 4.42. The molecule has 0 unspecified atom stereocenters.